The molecule has 1 spiro atoms. The standard InChI is InChI=1S/C21H26N2O5/c1-4-23-12-21-10-9-16(28-21)17(18(21)20(23)25)19(24)22-13(2)11-27-15-7-5-14(26-3)6-8-15/h5-10,13,16-18H,4,11-12H2,1-3H3,(H,22,24)/t13-,16+,17-,18-,21+/m0/s1. The molecule has 2 amide bonds. The molecule has 7 heteroatoms. The van der Waals surface area contributed by atoms with E-state index < -0.39 is 17.4 Å². The van der Waals surface area contributed by atoms with E-state index in [4.69, 9.17) is 14.2 Å². The van der Waals surface area contributed by atoms with Crippen molar-refractivity contribution in [2.24, 2.45) is 11.8 Å². The van der Waals surface area contributed by atoms with E-state index in [1.807, 2.05) is 50.3 Å². The zero-order valence-corrected chi connectivity index (χ0v) is 16.4. The Morgan fingerprint density at radius 1 is 1.36 bits per heavy atom. The average molecular weight is 386 g/mol. The minimum absolute atomic E-state index is 0.0108. The number of methoxy groups -OCH3 is 1. The molecule has 0 aromatic heterocycles. The van der Waals surface area contributed by atoms with Gasteiger partial charge in [0.15, 0.2) is 0 Å². The smallest absolute Gasteiger partial charge is 0.230 e. The van der Waals surface area contributed by atoms with Crippen LogP contribution in [0.2, 0.25) is 0 Å². The fourth-order valence-electron chi connectivity index (χ4n) is 4.42. The highest BCUT2D eigenvalue weighted by Gasteiger charge is 2.66. The SMILES string of the molecule is CCN1C[C@@]23C=C[C@@H](O2)[C@H](C(=O)N[C@@H](C)COc2ccc(OC)cc2)[C@H]3C1=O. The van der Waals surface area contributed by atoms with Gasteiger partial charge in [-0.2, -0.15) is 0 Å². The molecule has 7 nitrogen and oxygen atoms in total. The van der Waals surface area contributed by atoms with Crippen LogP contribution < -0.4 is 14.8 Å². The molecule has 0 saturated carbocycles. The van der Waals surface area contributed by atoms with Gasteiger partial charge in [-0.3, -0.25) is 9.59 Å². The summed E-state index contributed by atoms with van der Waals surface area (Å²) < 4.78 is 16.9. The van der Waals surface area contributed by atoms with Crippen molar-refractivity contribution in [2.45, 2.75) is 31.6 Å². The van der Waals surface area contributed by atoms with Gasteiger partial charge in [0.05, 0.1) is 37.6 Å². The number of nitrogens with zero attached hydrogens (tertiary/aromatic N) is 1. The molecule has 1 aromatic carbocycles. The van der Waals surface area contributed by atoms with Crippen molar-refractivity contribution in [3.63, 3.8) is 0 Å². The summed E-state index contributed by atoms with van der Waals surface area (Å²) >= 11 is 0. The maximum absolute atomic E-state index is 13.0. The second-order valence-electron chi connectivity index (χ2n) is 7.65. The molecule has 0 aliphatic carbocycles. The molecule has 1 N–H and O–H groups in total. The number of ether oxygens (including phenoxy) is 3. The quantitative estimate of drug-likeness (QED) is 0.717. The Morgan fingerprint density at radius 2 is 2.07 bits per heavy atom. The molecule has 150 valence electrons. The van der Waals surface area contributed by atoms with E-state index in [2.05, 4.69) is 5.32 Å². The Kier molecular flexibility index (Phi) is 4.79. The molecule has 3 heterocycles. The molecule has 1 aromatic rings. The van der Waals surface area contributed by atoms with Crippen molar-refractivity contribution in [1.82, 2.24) is 10.2 Å². The Labute approximate surface area is 164 Å². The molecule has 28 heavy (non-hydrogen) atoms. The minimum atomic E-state index is -0.636. The van der Waals surface area contributed by atoms with E-state index in [0.717, 1.165) is 5.75 Å². The summed E-state index contributed by atoms with van der Waals surface area (Å²) in [5.41, 5.74) is -0.636. The van der Waals surface area contributed by atoms with E-state index in [1.165, 1.54) is 0 Å². The summed E-state index contributed by atoms with van der Waals surface area (Å²) in [6, 6.07) is 7.09. The Morgan fingerprint density at radius 3 is 2.75 bits per heavy atom. The molecular weight excluding hydrogens is 360 g/mol. The monoisotopic (exact) mass is 386 g/mol. The second-order valence-corrected chi connectivity index (χ2v) is 7.65. The van der Waals surface area contributed by atoms with Crippen molar-refractivity contribution in [1.29, 1.82) is 0 Å². The number of rotatable bonds is 7. The zero-order valence-electron chi connectivity index (χ0n) is 16.4. The lowest BCUT2D eigenvalue weighted by Gasteiger charge is -2.25. The van der Waals surface area contributed by atoms with E-state index in [1.54, 1.807) is 12.0 Å². The van der Waals surface area contributed by atoms with Gasteiger partial charge in [-0.1, -0.05) is 12.2 Å². The van der Waals surface area contributed by atoms with Gasteiger partial charge >= 0.3 is 0 Å². The number of carbonyl (C=O) groups is 2. The number of likely N-dealkylation sites (tertiary alicyclic amines) is 1. The molecule has 5 atom stereocenters. The number of fused-ring (bicyclic) bond motifs is 1. The average Bonchev–Trinajstić information content (AvgIpc) is 3.34. The van der Waals surface area contributed by atoms with Gasteiger partial charge in [-0.15, -0.1) is 0 Å². The number of likely N-dealkylation sites (N-methyl/N-ethyl adjacent to an activating group) is 1. The first-order chi connectivity index (χ1) is 13.5. The molecule has 3 aliphatic rings. The van der Waals surface area contributed by atoms with Gasteiger partial charge in [-0.05, 0) is 38.1 Å². The Bertz CT molecular complexity index is 792. The van der Waals surface area contributed by atoms with Crippen LogP contribution in [0.25, 0.3) is 0 Å². The third-order valence-corrected chi connectivity index (χ3v) is 5.81. The number of benzene rings is 1. The molecule has 0 unspecified atom stereocenters. The van der Waals surface area contributed by atoms with Crippen molar-refractivity contribution in [3.8, 4) is 11.5 Å². The topological polar surface area (TPSA) is 77.1 Å². The van der Waals surface area contributed by atoms with Crippen LogP contribution in [-0.4, -0.2) is 61.3 Å². The molecule has 2 saturated heterocycles. The largest absolute Gasteiger partial charge is 0.497 e. The molecular formula is C21H26N2O5. The maximum atomic E-state index is 13.0. The van der Waals surface area contributed by atoms with Crippen molar-refractivity contribution >= 4 is 11.8 Å². The first-order valence-corrected chi connectivity index (χ1v) is 9.70. The Balaban J connectivity index is 1.37. The van der Waals surface area contributed by atoms with Crippen LogP contribution in [0.1, 0.15) is 13.8 Å². The van der Waals surface area contributed by atoms with E-state index in [-0.39, 0.29) is 24.0 Å². The lowest BCUT2D eigenvalue weighted by Crippen LogP contribution is -2.47. The maximum Gasteiger partial charge on any atom is 0.230 e. The van der Waals surface area contributed by atoms with Crippen molar-refractivity contribution in [3.05, 3.63) is 36.4 Å². The van der Waals surface area contributed by atoms with Crippen LogP contribution >= 0.6 is 0 Å². The normalized spacial score (nSPS) is 31.0. The van der Waals surface area contributed by atoms with Gasteiger partial charge < -0.3 is 24.4 Å². The number of hydrogen-bond acceptors (Lipinski definition) is 5. The van der Waals surface area contributed by atoms with Gasteiger partial charge in [-0.25, -0.2) is 0 Å². The van der Waals surface area contributed by atoms with E-state index in [9.17, 15) is 9.59 Å². The highest BCUT2D eigenvalue weighted by Crippen LogP contribution is 2.51. The number of carbonyl (C=O) groups excluding carboxylic acids is 2. The van der Waals surface area contributed by atoms with Gasteiger partial charge in [0, 0.05) is 6.54 Å². The zero-order chi connectivity index (χ0) is 19.9. The van der Waals surface area contributed by atoms with E-state index >= 15 is 0 Å². The summed E-state index contributed by atoms with van der Waals surface area (Å²) in [4.78, 5) is 27.5. The van der Waals surface area contributed by atoms with Crippen LogP contribution in [0.3, 0.4) is 0 Å². The van der Waals surface area contributed by atoms with Crippen molar-refractivity contribution in [2.75, 3.05) is 26.8 Å². The van der Waals surface area contributed by atoms with Crippen LogP contribution in [-0.2, 0) is 14.3 Å². The van der Waals surface area contributed by atoms with Crippen LogP contribution in [0, 0.1) is 11.8 Å². The summed E-state index contributed by atoms with van der Waals surface area (Å²) in [6.45, 7) is 5.31. The van der Waals surface area contributed by atoms with Gasteiger partial charge in [0.2, 0.25) is 11.8 Å². The molecule has 4 rings (SSSR count). The molecule has 2 bridgehead atoms. The third kappa shape index (κ3) is 3.03. The number of nitrogens with one attached hydrogen (secondary N) is 1. The lowest BCUT2D eigenvalue weighted by atomic mass is 9.76. The summed E-state index contributed by atoms with van der Waals surface area (Å²) in [5, 5.41) is 2.99. The van der Waals surface area contributed by atoms with Crippen LogP contribution in [0.15, 0.2) is 36.4 Å². The lowest BCUT2D eigenvalue weighted by molar-refractivity contribution is -0.137. The predicted octanol–water partition coefficient (Wildman–Crippen LogP) is 1.38. The Hall–Kier alpha value is -2.54. The molecule has 2 fully saturated rings. The van der Waals surface area contributed by atoms with Crippen LogP contribution in [0.4, 0.5) is 0 Å². The number of amides is 2. The first kappa shape index (κ1) is 18.8. The predicted molar refractivity (Wildman–Crippen MR) is 102 cm³/mol. The summed E-state index contributed by atoms with van der Waals surface area (Å²) in [6.07, 6.45) is 3.56. The highest BCUT2D eigenvalue weighted by molar-refractivity contribution is 5.93. The first-order valence-electron chi connectivity index (χ1n) is 9.70. The molecule has 0 radical (unpaired) electrons. The fraction of sp³-hybridized carbons (Fsp3) is 0.524. The second kappa shape index (κ2) is 7.13. The van der Waals surface area contributed by atoms with Gasteiger partial charge in [0.25, 0.3) is 0 Å². The summed E-state index contributed by atoms with van der Waals surface area (Å²) in [5.74, 6) is 0.399. The molecule has 3 aliphatic heterocycles. The summed E-state index contributed by atoms with van der Waals surface area (Å²) in [7, 11) is 1.61. The van der Waals surface area contributed by atoms with Crippen molar-refractivity contribution < 1.29 is 23.8 Å². The third-order valence-electron chi connectivity index (χ3n) is 5.81. The highest BCUT2D eigenvalue weighted by atomic mass is 16.5. The van der Waals surface area contributed by atoms with E-state index in [0.29, 0.717) is 25.4 Å². The minimum Gasteiger partial charge on any atom is -0.497 e. The fourth-order valence-corrected chi connectivity index (χ4v) is 4.42. The van der Waals surface area contributed by atoms with Crippen LogP contribution in [0.5, 0.6) is 11.5 Å². The van der Waals surface area contributed by atoms with Gasteiger partial charge in [0.1, 0.15) is 23.7 Å². The number of hydrogen-bond donors (Lipinski definition) is 1.